The van der Waals surface area contributed by atoms with Gasteiger partial charge in [-0.3, -0.25) is 0 Å². The highest BCUT2D eigenvalue weighted by molar-refractivity contribution is 9.10. The first kappa shape index (κ1) is 14.1. The minimum atomic E-state index is 0.826. The molecule has 2 rings (SSSR count). The van der Waals surface area contributed by atoms with Crippen LogP contribution in [-0.4, -0.2) is 18.5 Å². The molecular weight excluding hydrogens is 300 g/mol. The molecule has 2 aromatic carbocycles. The quantitative estimate of drug-likeness (QED) is 0.852. The normalized spacial score (nSPS) is 10.9. The molecular formula is C16H19BrN2. The zero-order chi connectivity index (χ0) is 13.7. The molecule has 0 bridgehead atoms. The highest BCUT2D eigenvalue weighted by atomic mass is 79.9. The van der Waals surface area contributed by atoms with Gasteiger partial charge in [0.05, 0.1) is 0 Å². The van der Waals surface area contributed by atoms with Crippen LogP contribution in [0, 0.1) is 0 Å². The predicted octanol–water partition coefficient (Wildman–Crippen LogP) is 3.71. The van der Waals surface area contributed by atoms with Crippen LogP contribution in [0.15, 0.2) is 53.0 Å². The van der Waals surface area contributed by atoms with Gasteiger partial charge in [-0.15, -0.1) is 0 Å². The van der Waals surface area contributed by atoms with Crippen molar-refractivity contribution in [2.24, 2.45) is 0 Å². The number of anilines is 1. The molecule has 0 atom stereocenters. The Labute approximate surface area is 123 Å². The van der Waals surface area contributed by atoms with E-state index in [-0.39, 0.29) is 0 Å². The summed E-state index contributed by atoms with van der Waals surface area (Å²) in [6.45, 7) is 2.02. The molecule has 0 saturated carbocycles. The second-order valence-corrected chi connectivity index (χ2v) is 5.77. The highest BCUT2D eigenvalue weighted by Gasteiger charge is 2.01. The molecule has 0 saturated heterocycles. The number of benzene rings is 2. The third-order valence-electron chi connectivity index (χ3n) is 3.13. The van der Waals surface area contributed by atoms with Gasteiger partial charge in [0.1, 0.15) is 0 Å². The Morgan fingerprint density at radius 1 is 0.947 bits per heavy atom. The molecule has 0 aliphatic heterocycles. The second kappa shape index (κ2) is 6.73. The summed E-state index contributed by atoms with van der Waals surface area (Å²) >= 11 is 3.45. The maximum Gasteiger partial charge on any atom is 0.0314 e. The van der Waals surface area contributed by atoms with Crippen LogP contribution in [0.5, 0.6) is 0 Å². The average Bonchev–Trinajstić information content (AvgIpc) is 2.41. The maximum absolute atomic E-state index is 5.68. The molecule has 0 aliphatic rings. The van der Waals surface area contributed by atoms with E-state index >= 15 is 0 Å². The van der Waals surface area contributed by atoms with Gasteiger partial charge in [0.15, 0.2) is 0 Å². The number of halogens is 1. The minimum absolute atomic E-state index is 0.826. The van der Waals surface area contributed by atoms with E-state index in [0.717, 1.165) is 29.7 Å². The summed E-state index contributed by atoms with van der Waals surface area (Å²) in [4.78, 5) is 2.33. The molecule has 0 spiro atoms. The van der Waals surface area contributed by atoms with Gasteiger partial charge in [0, 0.05) is 23.2 Å². The van der Waals surface area contributed by atoms with Crippen LogP contribution in [0.1, 0.15) is 11.1 Å². The molecule has 0 radical (unpaired) electrons. The van der Waals surface area contributed by atoms with Gasteiger partial charge in [0.25, 0.3) is 0 Å². The molecule has 3 heteroatoms. The number of hydrogen-bond donors (Lipinski definition) is 1. The third kappa shape index (κ3) is 4.69. The van der Waals surface area contributed by atoms with Crippen LogP contribution in [0.3, 0.4) is 0 Å². The van der Waals surface area contributed by atoms with Crippen molar-refractivity contribution in [1.82, 2.24) is 4.90 Å². The third-order valence-corrected chi connectivity index (χ3v) is 3.66. The van der Waals surface area contributed by atoms with Crippen molar-refractivity contribution < 1.29 is 0 Å². The SMILES string of the molecule is CN(CCc1ccc(N)cc1)Cc1ccc(Br)cc1. The van der Waals surface area contributed by atoms with E-state index < -0.39 is 0 Å². The second-order valence-electron chi connectivity index (χ2n) is 4.86. The Hall–Kier alpha value is -1.32. The van der Waals surface area contributed by atoms with Gasteiger partial charge in [-0.1, -0.05) is 40.2 Å². The van der Waals surface area contributed by atoms with E-state index in [0.29, 0.717) is 0 Å². The summed E-state index contributed by atoms with van der Waals surface area (Å²) in [5.74, 6) is 0. The van der Waals surface area contributed by atoms with Crippen LogP contribution in [0.25, 0.3) is 0 Å². The number of rotatable bonds is 5. The van der Waals surface area contributed by atoms with Crippen molar-refractivity contribution in [3.05, 3.63) is 64.1 Å². The van der Waals surface area contributed by atoms with E-state index in [2.05, 4.69) is 64.3 Å². The number of hydrogen-bond acceptors (Lipinski definition) is 2. The number of nitrogens with two attached hydrogens (primary N) is 1. The topological polar surface area (TPSA) is 29.3 Å². The van der Waals surface area contributed by atoms with Gasteiger partial charge >= 0.3 is 0 Å². The van der Waals surface area contributed by atoms with E-state index in [1.54, 1.807) is 0 Å². The average molecular weight is 319 g/mol. The summed E-state index contributed by atoms with van der Waals surface area (Å²) in [5.41, 5.74) is 9.18. The van der Waals surface area contributed by atoms with E-state index in [4.69, 9.17) is 5.73 Å². The Balaban J connectivity index is 1.82. The zero-order valence-corrected chi connectivity index (χ0v) is 12.7. The number of nitrogens with zero attached hydrogens (tertiary/aromatic N) is 1. The lowest BCUT2D eigenvalue weighted by Crippen LogP contribution is -2.20. The Morgan fingerprint density at radius 2 is 1.53 bits per heavy atom. The first-order valence-electron chi connectivity index (χ1n) is 6.41. The van der Waals surface area contributed by atoms with Crippen molar-refractivity contribution in [1.29, 1.82) is 0 Å². The van der Waals surface area contributed by atoms with E-state index in [1.807, 2.05) is 12.1 Å². The fourth-order valence-corrected chi connectivity index (χ4v) is 2.25. The summed E-state index contributed by atoms with van der Waals surface area (Å²) in [6, 6.07) is 16.6. The first-order chi connectivity index (χ1) is 9.13. The minimum Gasteiger partial charge on any atom is -0.399 e. The highest BCUT2D eigenvalue weighted by Crippen LogP contribution is 2.12. The summed E-state index contributed by atoms with van der Waals surface area (Å²) in [6.07, 6.45) is 1.05. The summed E-state index contributed by atoms with van der Waals surface area (Å²) < 4.78 is 1.13. The molecule has 0 heterocycles. The van der Waals surface area contributed by atoms with Crippen molar-refractivity contribution in [3.63, 3.8) is 0 Å². The van der Waals surface area contributed by atoms with Gasteiger partial charge in [-0.05, 0) is 48.9 Å². The summed E-state index contributed by atoms with van der Waals surface area (Å²) in [7, 11) is 2.15. The van der Waals surface area contributed by atoms with Gasteiger partial charge in [-0.2, -0.15) is 0 Å². The van der Waals surface area contributed by atoms with Crippen LogP contribution in [0.2, 0.25) is 0 Å². The smallest absolute Gasteiger partial charge is 0.0314 e. The lowest BCUT2D eigenvalue weighted by Gasteiger charge is -2.16. The molecule has 100 valence electrons. The molecule has 0 aromatic heterocycles. The molecule has 0 aliphatic carbocycles. The largest absolute Gasteiger partial charge is 0.399 e. The molecule has 2 aromatic rings. The fraction of sp³-hybridized carbons (Fsp3) is 0.250. The van der Waals surface area contributed by atoms with Crippen molar-refractivity contribution in [2.75, 3.05) is 19.3 Å². The molecule has 2 nitrogen and oxygen atoms in total. The van der Waals surface area contributed by atoms with E-state index in [1.165, 1.54) is 11.1 Å². The molecule has 2 N–H and O–H groups in total. The van der Waals surface area contributed by atoms with E-state index in [9.17, 15) is 0 Å². The van der Waals surface area contributed by atoms with Crippen molar-refractivity contribution in [2.45, 2.75) is 13.0 Å². The lowest BCUT2D eigenvalue weighted by atomic mass is 10.1. The fourth-order valence-electron chi connectivity index (χ4n) is 1.98. The Kier molecular flexibility index (Phi) is 5.00. The van der Waals surface area contributed by atoms with Crippen LogP contribution in [0.4, 0.5) is 5.69 Å². The van der Waals surface area contributed by atoms with Gasteiger partial charge < -0.3 is 10.6 Å². The van der Waals surface area contributed by atoms with Crippen LogP contribution in [-0.2, 0) is 13.0 Å². The zero-order valence-electron chi connectivity index (χ0n) is 11.1. The number of likely N-dealkylation sites (N-methyl/N-ethyl adjacent to an activating group) is 1. The van der Waals surface area contributed by atoms with Crippen LogP contribution >= 0.6 is 15.9 Å². The first-order valence-corrected chi connectivity index (χ1v) is 7.20. The molecule has 0 fully saturated rings. The van der Waals surface area contributed by atoms with Crippen molar-refractivity contribution in [3.8, 4) is 0 Å². The lowest BCUT2D eigenvalue weighted by molar-refractivity contribution is 0.331. The maximum atomic E-state index is 5.68. The molecule has 0 amide bonds. The predicted molar refractivity (Wildman–Crippen MR) is 85.0 cm³/mol. The standard InChI is InChI=1S/C16H19BrN2/c1-19(12-14-2-6-15(17)7-3-14)11-10-13-4-8-16(18)9-5-13/h2-9H,10-12,18H2,1H3. The van der Waals surface area contributed by atoms with Crippen molar-refractivity contribution >= 4 is 21.6 Å². The molecule has 19 heavy (non-hydrogen) atoms. The Bertz CT molecular complexity index is 505. The number of nitrogen functional groups attached to an aromatic ring is 1. The van der Waals surface area contributed by atoms with Gasteiger partial charge in [0.2, 0.25) is 0 Å². The summed E-state index contributed by atoms with van der Waals surface area (Å²) in [5, 5.41) is 0. The van der Waals surface area contributed by atoms with Gasteiger partial charge in [-0.25, -0.2) is 0 Å². The van der Waals surface area contributed by atoms with Crippen LogP contribution < -0.4 is 5.73 Å². The molecule has 0 unspecified atom stereocenters. The Morgan fingerprint density at radius 3 is 2.16 bits per heavy atom. The monoisotopic (exact) mass is 318 g/mol.